The van der Waals surface area contributed by atoms with Gasteiger partial charge in [-0.05, 0) is 52.3 Å². The largest absolute Gasteiger partial charge is 0.445 e. The Morgan fingerprint density at radius 3 is 2.35 bits per heavy atom. The molecule has 8 heteroatoms. The van der Waals surface area contributed by atoms with Crippen molar-refractivity contribution in [3.05, 3.63) is 71.5 Å². The first-order valence-electron chi connectivity index (χ1n) is 7.39. The maximum Gasteiger partial charge on any atom is 0.321 e. The highest BCUT2D eigenvalue weighted by molar-refractivity contribution is 9.10. The fourth-order valence-electron chi connectivity index (χ4n) is 1.79. The molecule has 0 bridgehead atoms. The van der Waals surface area contributed by atoms with E-state index >= 15 is 0 Å². The molecule has 0 spiro atoms. The van der Waals surface area contributed by atoms with E-state index in [4.69, 9.17) is 15.2 Å². The summed E-state index contributed by atoms with van der Waals surface area (Å²) in [6.07, 6.45) is 4.52. The van der Waals surface area contributed by atoms with E-state index in [1.165, 1.54) is 6.40 Å². The lowest BCUT2D eigenvalue weighted by Gasteiger charge is -2.03. The predicted molar refractivity (Wildman–Crippen MR) is 106 cm³/mol. The molecule has 2 aromatic carbocycles. The van der Waals surface area contributed by atoms with E-state index in [1.807, 2.05) is 30.3 Å². The number of para-hydroxylation sites is 1. The first-order valence-corrected chi connectivity index (χ1v) is 9.39. The van der Waals surface area contributed by atoms with Gasteiger partial charge in [-0.1, -0.05) is 23.9 Å². The molecule has 6 nitrogen and oxygen atoms in total. The molecule has 130 valence electrons. The quantitative estimate of drug-likeness (QED) is 0.419. The third-order valence-electron chi connectivity index (χ3n) is 2.92. The van der Waals surface area contributed by atoms with Gasteiger partial charge in [0.1, 0.15) is 11.5 Å². The molecule has 1 heterocycles. The summed E-state index contributed by atoms with van der Waals surface area (Å²) in [5.74, 6) is 1.28. The Morgan fingerprint density at radius 1 is 0.962 bits per heavy atom. The van der Waals surface area contributed by atoms with Crippen LogP contribution in [0, 0.1) is 5.69 Å². The number of ether oxygens (including phenoxy) is 2. The average molecular weight is 429 g/mol. The van der Waals surface area contributed by atoms with Crippen LogP contribution in [0.2, 0.25) is 0 Å². The van der Waals surface area contributed by atoms with Crippen LogP contribution in [0.4, 0.5) is 5.69 Å². The molecule has 0 N–H and O–H groups in total. The molecule has 0 saturated heterocycles. The van der Waals surface area contributed by atoms with Gasteiger partial charge < -0.3 is 9.47 Å². The fourth-order valence-corrected chi connectivity index (χ4v) is 2.51. The molecule has 0 radical (unpaired) electrons. The van der Waals surface area contributed by atoms with Crippen LogP contribution in [0.1, 0.15) is 0 Å². The summed E-state index contributed by atoms with van der Waals surface area (Å²) in [6, 6.07) is 16.6. The van der Waals surface area contributed by atoms with Crippen molar-refractivity contribution in [3.63, 3.8) is 0 Å². The van der Waals surface area contributed by atoms with Crippen molar-refractivity contribution in [3.8, 4) is 23.2 Å². The second-order valence-electron chi connectivity index (χ2n) is 4.81. The first kappa shape index (κ1) is 17.9. The predicted octanol–water partition coefficient (Wildman–Crippen LogP) is 5.08. The summed E-state index contributed by atoms with van der Waals surface area (Å²) < 4.78 is 20.0. The van der Waals surface area contributed by atoms with Gasteiger partial charge in [0.2, 0.25) is 0 Å². The average Bonchev–Trinajstić information content (AvgIpc) is 2.66. The zero-order valence-electron chi connectivity index (χ0n) is 13.4. The summed E-state index contributed by atoms with van der Waals surface area (Å²) >= 11 is 3.27. The molecule has 3 aromatic rings. The van der Waals surface area contributed by atoms with Gasteiger partial charge in [0.05, 0.1) is 10.2 Å². The minimum atomic E-state index is -1.04. The number of rotatable bonds is 5. The lowest BCUT2D eigenvalue weighted by atomic mass is 10.3. The Morgan fingerprint density at radius 2 is 1.65 bits per heavy atom. The van der Waals surface area contributed by atoms with Crippen molar-refractivity contribution >= 4 is 38.3 Å². The lowest BCUT2D eigenvalue weighted by molar-refractivity contribution is 0.441. The van der Waals surface area contributed by atoms with E-state index in [0.29, 0.717) is 17.2 Å². The van der Waals surface area contributed by atoms with Crippen molar-refractivity contribution in [2.75, 3.05) is 0 Å². The zero-order chi connectivity index (χ0) is 18.2. The van der Waals surface area contributed by atoms with Gasteiger partial charge in [0.25, 0.3) is 0 Å². The Kier molecular flexibility index (Phi) is 6.16. The van der Waals surface area contributed by atoms with Gasteiger partial charge in [0.15, 0.2) is 6.40 Å². The van der Waals surface area contributed by atoms with E-state index in [-0.39, 0.29) is 6.01 Å². The van der Waals surface area contributed by atoms with Crippen molar-refractivity contribution in [2.45, 2.75) is 0 Å². The van der Waals surface area contributed by atoms with E-state index in [0.717, 1.165) is 4.47 Å². The van der Waals surface area contributed by atoms with Gasteiger partial charge in [-0.25, -0.2) is 9.97 Å². The van der Waals surface area contributed by atoms with Gasteiger partial charge in [0, 0.05) is 22.7 Å². The first-order chi connectivity index (χ1) is 12.7. The van der Waals surface area contributed by atoms with Crippen LogP contribution in [-0.2, 0) is 10.3 Å². The van der Waals surface area contributed by atoms with Crippen LogP contribution in [0.15, 0.2) is 80.2 Å². The van der Waals surface area contributed by atoms with Crippen molar-refractivity contribution in [2.24, 2.45) is 8.76 Å². The van der Waals surface area contributed by atoms with E-state index < -0.39 is 10.3 Å². The minimum absolute atomic E-state index is 0.263. The van der Waals surface area contributed by atoms with Crippen LogP contribution >= 0.6 is 15.9 Å². The van der Waals surface area contributed by atoms with Gasteiger partial charge >= 0.3 is 6.01 Å². The Labute approximate surface area is 161 Å². The standard InChI is InChI=1S/C18H13BrN4O2S/c1-26(22-13-24-16-5-3-2-4-6-16)23-15-7-9-17(10-8-15)25-18-20-11-14(19)12-21-18/h1-13H. The second kappa shape index (κ2) is 8.96. The summed E-state index contributed by atoms with van der Waals surface area (Å²) in [6.45, 7) is 0. The SMILES string of the molecule is C#S(N=COc1ccccc1)=Nc1ccc(Oc2ncc(Br)cn2)cc1. The number of hydrogen-bond acceptors (Lipinski definition) is 5. The molecule has 0 aliphatic heterocycles. The molecule has 0 saturated carbocycles. The number of benzene rings is 2. The van der Waals surface area contributed by atoms with Crippen LogP contribution in [-0.4, -0.2) is 16.4 Å². The highest BCUT2D eigenvalue weighted by Crippen LogP contribution is 2.22. The van der Waals surface area contributed by atoms with Gasteiger partial charge in [-0.3, -0.25) is 0 Å². The number of aromatic nitrogens is 2. The van der Waals surface area contributed by atoms with Crippen molar-refractivity contribution < 1.29 is 9.47 Å². The highest BCUT2D eigenvalue weighted by Gasteiger charge is 2.00. The fraction of sp³-hybridized carbons (Fsp3) is 0. The molecule has 0 aliphatic carbocycles. The number of hydrogen-bond donors (Lipinski definition) is 0. The highest BCUT2D eigenvalue weighted by atomic mass is 79.9. The molecule has 1 aromatic heterocycles. The molecular formula is C18H13BrN4O2S. The number of nitrogens with zero attached hydrogens (tertiary/aromatic N) is 4. The molecule has 0 unspecified atom stereocenters. The topological polar surface area (TPSA) is 69.0 Å². The van der Waals surface area contributed by atoms with Crippen LogP contribution < -0.4 is 9.47 Å². The van der Waals surface area contributed by atoms with Crippen LogP contribution in [0.25, 0.3) is 0 Å². The van der Waals surface area contributed by atoms with E-state index in [2.05, 4.69) is 34.7 Å². The molecule has 0 atom stereocenters. The van der Waals surface area contributed by atoms with E-state index in [1.54, 1.807) is 36.7 Å². The molecule has 26 heavy (non-hydrogen) atoms. The summed E-state index contributed by atoms with van der Waals surface area (Å²) in [5, 5.41) is 0. The molecule has 0 amide bonds. The third-order valence-corrected chi connectivity index (χ3v) is 4.03. The van der Waals surface area contributed by atoms with Crippen LogP contribution in [0.3, 0.4) is 0 Å². The Bertz CT molecular complexity index is 1020. The smallest absolute Gasteiger partial charge is 0.321 e. The van der Waals surface area contributed by atoms with E-state index in [9.17, 15) is 0 Å². The summed E-state index contributed by atoms with van der Waals surface area (Å²) in [4.78, 5) is 8.10. The maximum absolute atomic E-state index is 5.87. The Hall–Kier alpha value is -2.93. The van der Waals surface area contributed by atoms with Crippen LogP contribution in [0.5, 0.6) is 17.5 Å². The molecular weight excluding hydrogens is 416 g/mol. The molecule has 0 aliphatic rings. The minimum Gasteiger partial charge on any atom is -0.445 e. The lowest BCUT2D eigenvalue weighted by Crippen LogP contribution is -1.90. The monoisotopic (exact) mass is 428 g/mol. The van der Waals surface area contributed by atoms with Crippen molar-refractivity contribution in [1.82, 2.24) is 9.97 Å². The normalized spacial score (nSPS) is 11.5. The molecule has 3 rings (SSSR count). The van der Waals surface area contributed by atoms with Gasteiger partial charge in [-0.2, -0.15) is 4.36 Å². The van der Waals surface area contributed by atoms with Crippen molar-refractivity contribution in [1.29, 1.82) is 0 Å². The third kappa shape index (κ3) is 5.56. The second-order valence-corrected chi connectivity index (χ2v) is 6.70. The summed E-state index contributed by atoms with van der Waals surface area (Å²) in [7, 11) is -1.04. The number of halogens is 1. The molecule has 0 fully saturated rings. The van der Waals surface area contributed by atoms with Gasteiger partial charge in [-0.15, -0.1) is 4.40 Å². The summed E-state index contributed by atoms with van der Waals surface area (Å²) in [5.41, 5.74) is 6.55. The maximum atomic E-state index is 5.87. The Balaban J connectivity index is 1.60. The zero-order valence-corrected chi connectivity index (χ0v) is 15.8.